The van der Waals surface area contributed by atoms with Gasteiger partial charge in [-0.1, -0.05) is 58.5 Å². The Morgan fingerprint density at radius 1 is 1.03 bits per heavy atom. The van der Waals surface area contributed by atoms with Crippen LogP contribution >= 0.6 is 46.4 Å². The summed E-state index contributed by atoms with van der Waals surface area (Å²) < 4.78 is 23.3. The largest absolute Gasteiger partial charge is 0.490 e. The van der Waals surface area contributed by atoms with Crippen molar-refractivity contribution in [1.82, 2.24) is 0 Å². The molecule has 0 saturated heterocycles. The van der Waals surface area contributed by atoms with Crippen LogP contribution in [0.1, 0.15) is 32.3 Å². The fraction of sp³-hybridized carbons (Fsp3) is 0.391. The Hall–Kier alpha value is -1.46. The van der Waals surface area contributed by atoms with Crippen LogP contribution in [0, 0.1) is 0 Å². The number of rotatable bonds is 10. The first-order valence-corrected chi connectivity index (χ1v) is 11.5. The third kappa shape index (κ3) is 7.01. The van der Waals surface area contributed by atoms with E-state index in [2.05, 4.69) is 19.9 Å². The Bertz CT molecular complexity index is 916. The molecule has 31 heavy (non-hydrogen) atoms. The van der Waals surface area contributed by atoms with Crippen molar-refractivity contribution in [3.8, 4) is 23.0 Å². The minimum Gasteiger partial charge on any atom is -0.490 e. The molecule has 0 radical (unpaired) electrons. The van der Waals surface area contributed by atoms with E-state index in [1.165, 1.54) is 11.6 Å². The van der Waals surface area contributed by atoms with E-state index in [1.54, 1.807) is 12.1 Å². The second-order valence-electron chi connectivity index (χ2n) is 7.71. The maximum absolute atomic E-state index is 6.28. The molecule has 2 aromatic carbocycles. The van der Waals surface area contributed by atoms with Crippen LogP contribution in [0.5, 0.6) is 23.0 Å². The molecule has 0 unspecified atom stereocenters. The number of halogens is 4. The van der Waals surface area contributed by atoms with Gasteiger partial charge in [0.05, 0.1) is 23.3 Å². The average molecular weight is 506 g/mol. The quantitative estimate of drug-likeness (QED) is 0.311. The lowest BCUT2D eigenvalue weighted by Crippen LogP contribution is -2.24. The summed E-state index contributed by atoms with van der Waals surface area (Å²) in [6.07, 6.45) is 4.00. The van der Waals surface area contributed by atoms with Gasteiger partial charge in [0.1, 0.15) is 22.4 Å². The molecule has 168 valence electrons. The first-order chi connectivity index (χ1) is 14.7. The minimum atomic E-state index is -0.192. The summed E-state index contributed by atoms with van der Waals surface area (Å²) >= 11 is 23.7. The van der Waals surface area contributed by atoms with Crippen molar-refractivity contribution in [2.24, 2.45) is 0 Å². The first kappa shape index (κ1) is 24.2. The summed E-state index contributed by atoms with van der Waals surface area (Å²) in [6, 6.07) is 9.30. The summed E-state index contributed by atoms with van der Waals surface area (Å²) in [5.41, 5.74) is 0.993. The van der Waals surface area contributed by atoms with Crippen LogP contribution < -0.4 is 18.9 Å². The van der Waals surface area contributed by atoms with Gasteiger partial charge in [0, 0.05) is 24.1 Å². The van der Waals surface area contributed by atoms with Crippen molar-refractivity contribution >= 4 is 46.4 Å². The average Bonchev–Trinajstić information content (AvgIpc) is 3.00. The Morgan fingerprint density at radius 2 is 1.71 bits per heavy atom. The Kier molecular flexibility index (Phi) is 8.51. The molecule has 0 aromatic heterocycles. The molecular weight excluding hydrogens is 482 g/mol. The van der Waals surface area contributed by atoms with Gasteiger partial charge in [-0.3, -0.25) is 0 Å². The number of fused-ring (bicyclic) bond motifs is 1. The molecule has 0 aliphatic carbocycles. The molecule has 0 spiro atoms. The van der Waals surface area contributed by atoms with Crippen molar-refractivity contribution in [3.63, 3.8) is 0 Å². The van der Waals surface area contributed by atoms with E-state index in [0.29, 0.717) is 34.8 Å². The first-order valence-electron chi connectivity index (χ1n) is 9.95. The summed E-state index contributed by atoms with van der Waals surface area (Å²) in [6.45, 7) is 5.39. The second-order valence-corrected chi connectivity index (χ2v) is 9.53. The highest BCUT2D eigenvalue weighted by atomic mass is 35.5. The van der Waals surface area contributed by atoms with Crippen molar-refractivity contribution in [1.29, 1.82) is 0 Å². The minimum absolute atomic E-state index is 0.133. The van der Waals surface area contributed by atoms with Crippen molar-refractivity contribution in [2.75, 3.05) is 19.8 Å². The van der Waals surface area contributed by atoms with Crippen LogP contribution in [0.25, 0.3) is 0 Å². The summed E-state index contributed by atoms with van der Waals surface area (Å²) in [4.78, 5) is 0. The standard InChI is InChI=1S/C23H24Cl4O4/c1-23(2)14-15-6-5-7-19(21(15)31-23)29-9-3-4-10-30-22-17(24)12-16(13-18(22)25)28-11-8-20(26)27/h5-8,12-13H,3-4,9-11,14H2,1-2H3. The fourth-order valence-corrected chi connectivity index (χ4v) is 3.92. The summed E-state index contributed by atoms with van der Waals surface area (Å²) in [5.74, 6) is 2.57. The maximum Gasteiger partial charge on any atom is 0.165 e. The number of benzene rings is 2. The molecule has 0 N–H and O–H groups in total. The van der Waals surface area contributed by atoms with Crippen LogP contribution in [0.15, 0.2) is 40.9 Å². The predicted octanol–water partition coefficient (Wildman–Crippen LogP) is 7.64. The lowest BCUT2D eigenvalue weighted by Gasteiger charge is -2.18. The zero-order valence-electron chi connectivity index (χ0n) is 17.4. The molecule has 8 heteroatoms. The van der Waals surface area contributed by atoms with Crippen molar-refractivity contribution < 1.29 is 18.9 Å². The molecule has 1 aliphatic heterocycles. The van der Waals surface area contributed by atoms with Crippen LogP contribution in [0.2, 0.25) is 10.0 Å². The number of para-hydroxylation sites is 1. The normalized spacial score (nSPS) is 13.9. The van der Waals surface area contributed by atoms with Crippen molar-refractivity contribution in [2.45, 2.75) is 38.7 Å². The van der Waals surface area contributed by atoms with Gasteiger partial charge >= 0.3 is 0 Å². The van der Waals surface area contributed by atoms with Gasteiger partial charge in [-0.05, 0) is 38.8 Å². The molecular formula is C23H24Cl4O4. The number of ether oxygens (including phenoxy) is 4. The molecule has 0 atom stereocenters. The molecule has 0 amide bonds. The summed E-state index contributed by atoms with van der Waals surface area (Å²) in [5, 5.41) is 0.749. The SMILES string of the molecule is CC1(C)Cc2cccc(OCCCCOc3c(Cl)cc(OCC=C(Cl)Cl)cc3Cl)c2O1. The van der Waals surface area contributed by atoms with Crippen LogP contribution in [-0.4, -0.2) is 25.4 Å². The van der Waals surface area contributed by atoms with E-state index in [4.69, 9.17) is 65.4 Å². The topological polar surface area (TPSA) is 36.9 Å². The van der Waals surface area contributed by atoms with Gasteiger partial charge in [0.2, 0.25) is 0 Å². The van der Waals surface area contributed by atoms with Crippen LogP contribution in [0.4, 0.5) is 0 Å². The smallest absolute Gasteiger partial charge is 0.165 e. The molecule has 0 bridgehead atoms. The van der Waals surface area contributed by atoms with Gasteiger partial charge in [-0.2, -0.15) is 0 Å². The Morgan fingerprint density at radius 3 is 2.39 bits per heavy atom. The molecule has 0 saturated carbocycles. The van der Waals surface area contributed by atoms with Gasteiger partial charge in [0.25, 0.3) is 0 Å². The van der Waals surface area contributed by atoms with E-state index in [-0.39, 0.29) is 16.7 Å². The van der Waals surface area contributed by atoms with Crippen LogP contribution in [-0.2, 0) is 6.42 Å². The monoisotopic (exact) mass is 504 g/mol. The molecule has 4 nitrogen and oxygen atoms in total. The Balaban J connectivity index is 1.43. The van der Waals surface area contributed by atoms with E-state index < -0.39 is 0 Å². The Labute approximate surface area is 202 Å². The fourth-order valence-electron chi connectivity index (χ4n) is 3.22. The summed E-state index contributed by atoms with van der Waals surface area (Å²) in [7, 11) is 0. The lowest BCUT2D eigenvalue weighted by atomic mass is 10.0. The molecule has 1 heterocycles. The highest BCUT2D eigenvalue weighted by Gasteiger charge is 2.32. The number of unbranched alkanes of at least 4 members (excludes halogenated alkanes) is 1. The molecule has 2 aromatic rings. The zero-order valence-corrected chi connectivity index (χ0v) is 20.4. The third-order valence-corrected chi connectivity index (χ3v) is 5.43. The van der Waals surface area contributed by atoms with E-state index in [1.807, 2.05) is 12.1 Å². The zero-order chi connectivity index (χ0) is 22.4. The predicted molar refractivity (Wildman–Crippen MR) is 127 cm³/mol. The second kappa shape index (κ2) is 10.9. The van der Waals surface area contributed by atoms with E-state index in [0.717, 1.165) is 30.8 Å². The highest BCUT2D eigenvalue weighted by molar-refractivity contribution is 6.55. The van der Waals surface area contributed by atoms with Crippen molar-refractivity contribution in [3.05, 3.63) is 56.5 Å². The van der Waals surface area contributed by atoms with Gasteiger partial charge in [-0.15, -0.1) is 0 Å². The van der Waals surface area contributed by atoms with Gasteiger partial charge in [0.15, 0.2) is 17.2 Å². The molecule has 1 aliphatic rings. The van der Waals surface area contributed by atoms with E-state index in [9.17, 15) is 0 Å². The number of hydrogen-bond donors (Lipinski definition) is 0. The lowest BCUT2D eigenvalue weighted by molar-refractivity contribution is 0.132. The molecule has 0 fully saturated rings. The van der Waals surface area contributed by atoms with Crippen LogP contribution in [0.3, 0.4) is 0 Å². The third-order valence-electron chi connectivity index (χ3n) is 4.56. The van der Waals surface area contributed by atoms with Gasteiger partial charge in [-0.25, -0.2) is 0 Å². The molecule has 3 rings (SSSR count). The highest BCUT2D eigenvalue weighted by Crippen LogP contribution is 2.42. The van der Waals surface area contributed by atoms with E-state index >= 15 is 0 Å². The van der Waals surface area contributed by atoms with Gasteiger partial charge < -0.3 is 18.9 Å². The maximum atomic E-state index is 6.28. The number of hydrogen-bond acceptors (Lipinski definition) is 4.